The van der Waals surface area contributed by atoms with E-state index in [0.717, 1.165) is 16.7 Å². The molecule has 2 aliphatic rings. The Morgan fingerprint density at radius 2 is 1.21 bits per heavy atom. The Morgan fingerprint density at radius 1 is 0.762 bits per heavy atom. The molecule has 5 rings (SSSR count). The zero-order valence-electron chi connectivity index (χ0n) is 24.6. The van der Waals surface area contributed by atoms with Gasteiger partial charge in [-0.25, -0.2) is 0 Å². The first-order valence-corrected chi connectivity index (χ1v) is 14.6. The number of fused-ring (bicyclic) bond motifs is 1. The topological polar surface area (TPSA) is 118 Å². The van der Waals surface area contributed by atoms with Crippen molar-refractivity contribution in [3.8, 4) is 0 Å². The van der Waals surface area contributed by atoms with Crippen LogP contribution >= 0.6 is 0 Å². The number of benzene rings is 3. The van der Waals surface area contributed by atoms with Crippen LogP contribution in [0.2, 0.25) is 0 Å². The van der Waals surface area contributed by atoms with Gasteiger partial charge in [-0.1, -0.05) is 91.0 Å². The van der Waals surface area contributed by atoms with E-state index in [4.69, 9.17) is 30.4 Å². The minimum absolute atomic E-state index is 0.0189. The first-order chi connectivity index (χ1) is 20.2. The standard InChI is InChI=1S/C34H43N3O5/c1-33(2,3)42-26(38)19-37-31-30(40-21-24-15-9-5-10-16-24)27-29(39-20-23-13-7-4-8-14-23)28(35)32(34(27,31)36)41-22-25-17-11-6-12-18-25/h4-18,27-32,37H,19-22,35-36H2,1-3H3. The van der Waals surface area contributed by atoms with Crippen LogP contribution in [0, 0.1) is 5.92 Å². The molecule has 0 aromatic heterocycles. The Morgan fingerprint density at radius 3 is 1.69 bits per heavy atom. The van der Waals surface area contributed by atoms with E-state index in [0.29, 0.717) is 19.8 Å². The van der Waals surface area contributed by atoms with Gasteiger partial charge in [0, 0.05) is 5.92 Å². The molecule has 7 atom stereocenters. The van der Waals surface area contributed by atoms with Crippen LogP contribution < -0.4 is 16.8 Å². The van der Waals surface area contributed by atoms with E-state index in [1.54, 1.807) is 0 Å². The molecule has 7 unspecified atom stereocenters. The maximum absolute atomic E-state index is 12.7. The van der Waals surface area contributed by atoms with Gasteiger partial charge < -0.3 is 30.4 Å². The normalized spacial score (nSPS) is 28.6. The molecule has 224 valence electrons. The summed E-state index contributed by atoms with van der Waals surface area (Å²) in [6, 6.07) is 29.0. The summed E-state index contributed by atoms with van der Waals surface area (Å²) in [5.41, 5.74) is 15.8. The number of esters is 1. The third kappa shape index (κ3) is 6.75. The highest BCUT2D eigenvalue weighted by Gasteiger charge is 2.74. The van der Waals surface area contributed by atoms with Crippen LogP contribution in [-0.2, 0) is 43.6 Å². The van der Waals surface area contributed by atoms with Gasteiger partial charge >= 0.3 is 5.97 Å². The maximum Gasteiger partial charge on any atom is 0.320 e. The molecule has 42 heavy (non-hydrogen) atoms. The molecular weight excluding hydrogens is 530 g/mol. The lowest BCUT2D eigenvalue weighted by molar-refractivity contribution is -0.181. The Hall–Kier alpha value is -3.11. The Balaban J connectivity index is 1.41. The number of hydrogen-bond acceptors (Lipinski definition) is 8. The largest absolute Gasteiger partial charge is 0.459 e. The molecule has 0 bridgehead atoms. The highest BCUT2D eigenvalue weighted by molar-refractivity contribution is 5.72. The summed E-state index contributed by atoms with van der Waals surface area (Å²) in [6.45, 7) is 6.65. The zero-order valence-corrected chi connectivity index (χ0v) is 24.6. The summed E-state index contributed by atoms with van der Waals surface area (Å²) in [6.07, 6.45) is -1.33. The average molecular weight is 574 g/mol. The minimum atomic E-state index is -0.946. The summed E-state index contributed by atoms with van der Waals surface area (Å²) in [4.78, 5) is 12.7. The zero-order chi connectivity index (χ0) is 29.7. The number of rotatable bonds is 12. The molecule has 8 nitrogen and oxygen atoms in total. The summed E-state index contributed by atoms with van der Waals surface area (Å²) in [5, 5.41) is 3.37. The van der Waals surface area contributed by atoms with Crippen LogP contribution in [0.25, 0.3) is 0 Å². The van der Waals surface area contributed by atoms with Gasteiger partial charge in [0.15, 0.2) is 0 Å². The maximum atomic E-state index is 12.7. The van der Waals surface area contributed by atoms with Crippen LogP contribution in [0.15, 0.2) is 91.0 Å². The monoisotopic (exact) mass is 573 g/mol. The van der Waals surface area contributed by atoms with E-state index in [-0.39, 0.29) is 24.5 Å². The van der Waals surface area contributed by atoms with Gasteiger partial charge in [-0.05, 0) is 37.5 Å². The molecule has 0 amide bonds. The lowest BCUT2D eigenvalue weighted by Crippen LogP contribution is -2.82. The van der Waals surface area contributed by atoms with Crippen LogP contribution in [0.4, 0.5) is 0 Å². The number of hydrogen-bond donors (Lipinski definition) is 3. The van der Waals surface area contributed by atoms with E-state index in [2.05, 4.69) is 5.32 Å². The van der Waals surface area contributed by atoms with Crippen molar-refractivity contribution >= 4 is 5.97 Å². The predicted octanol–water partition coefficient (Wildman–Crippen LogP) is 3.71. The molecule has 5 N–H and O–H groups in total. The molecule has 0 aliphatic heterocycles. The van der Waals surface area contributed by atoms with Gasteiger partial charge in [-0.3, -0.25) is 10.1 Å². The van der Waals surface area contributed by atoms with E-state index in [9.17, 15) is 4.79 Å². The number of ether oxygens (including phenoxy) is 4. The summed E-state index contributed by atoms with van der Waals surface area (Å²) >= 11 is 0. The molecule has 2 aliphatic carbocycles. The highest BCUT2D eigenvalue weighted by Crippen LogP contribution is 2.53. The quantitative estimate of drug-likeness (QED) is 0.281. The average Bonchev–Trinajstić information content (AvgIpc) is 3.14. The fraction of sp³-hybridized carbons (Fsp3) is 0.441. The molecule has 3 aromatic carbocycles. The minimum Gasteiger partial charge on any atom is -0.459 e. The van der Waals surface area contributed by atoms with Gasteiger partial charge in [0.05, 0.1) is 62.3 Å². The Labute approximate surface area is 248 Å². The van der Waals surface area contributed by atoms with Gasteiger partial charge in [0.2, 0.25) is 0 Å². The van der Waals surface area contributed by atoms with Crippen molar-refractivity contribution in [2.75, 3.05) is 6.54 Å². The number of nitrogens with one attached hydrogen (secondary N) is 1. The molecule has 0 radical (unpaired) electrons. The predicted molar refractivity (Wildman–Crippen MR) is 161 cm³/mol. The van der Waals surface area contributed by atoms with Gasteiger partial charge in [0.25, 0.3) is 0 Å². The molecule has 0 spiro atoms. The third-order valence-electron chi connectivity index (χ3n) is 8.10. The second-order valence-electron chi connectivity index (χ2n) is 12.3. The van der Waals surface area contributed by atoms with Crippen LogP contribution in [0.1, 0.15) is 37.5 Å². The van der Waals surface area contributed by atoms with Gasteiger partial charge in [-0.15, -0.1) is 0 Å². The fourth-order valence-corrected chi connectivity index (χ4v) is 6.28. The lowest BCUT2D eigenvalue weighted by atomic mass is 9.61. The summed E-state index contributed by atoms with van der Waals surface area (Å²) < 4.78 is 25.1. The second kappa shape index (κ2) is 13.0. The molecule has 2 saturated carbocycles. The first kappa shape index (κ1) is 30.4. The number of carbonyl (C=O) groups excluding carboxylic acids is 1. The van der Waals surface area contributed by atoms with Crippen molar-refractivity contribution in [2.45, 2.75) is 82.1 Å². The summed E-state index contributed by atoms with van der Waals surface area (Å²) in [7, 11) is 0. The molecule has 0 saturated heterocycles. The molecule has 3 aromatic rings. The van der Waals surface area contributed by atoms with Crippen molar-refractivity contribution in [1.82, 2.24) is 5.32 Å². The second-order valence-corrected chi connectivity index (χ2v) is 12.3. The van der Waals surface area contributed by atoms with E-state index in [1.807, 2.05) is 112 Å². The number of nitrogens with two attached hydrogens (primary N) is 2. The SMILES string of the molecule is CC(C)(C)OC(=O)CNC1C(OCc2ccccc2)C2C(OCc3ccccc3)C(N)C(OCc3ccccc3)C12N. The van der Waals surface area contributed by atoms with Crippen molar-refractivity contribution in [1.29, 1.82) is 0 Å². The number of carbonyl (C=O) groups is 1. The van der Waals surface area contributed by atoms with Crippen LogP contribution in [0.3, 0.4) is 0 Å². The van der Waals surface area contributed by atoms with Crippen molar-refractivity contribution < 1.29 is 23.7 Å². The lowest BCUT2D eigenvalue weighted by Gasteiger charge is -2.58. The van der Waals surface area contributed by atoms with Crippen molar-refractivity contribution in [3.05, 3.63) is 108 Å². The smallest absolute Gasteiger partial charge is 0.320 e. The van der Waals surface area contributed by atoms with Crippen LogP contribution in [0.5, 0.6) is 0 Å². The van der Waals surface area contributed by atoms with Crippen molar-refractivity contribution in [2.24, 2.45) is 17.4 Å². The highest BCUT2D eigenvalue weighted by atomic mass is 16.6. The van der Waals surface area contributed by atoms with E-state index >= 15 is 0 Å². The van der Waals surface area contributed by atoms with Gasteiger partial charge in [-0.2, -0.15) is 0 Å². The molecule has 2 fully saturated rings. The third-order valence-corrected chi connectivity index (χ3v) is 8.10. The fourth-order valence-electron chi connectivity index (χ4n) is 6.28. The van der Waals surface area contributed by atoms with Crippen molar-refractivity contribution in [3.63, 3.8) is 0 Å². The summed E-state index contributed by atoms with van der Waals surface area (Å²) in [5.74, 6) is -0.630. The Bertz CT molecular complexity index is 1290. The van der Waals surface area contributed by atoms with E-state index < -0.39 is 35.4 Å². The van der Waals surface area contributed by atoms with Gasteiger partial charge in [0.1, 0.15) is 5.60 Å². The molecule has 8 heteroatoms. The molecule has 0 heterocycles. The first-order valence-electron chi connectivity index (χ1n) is 14.6. The van der Waals surface area contributed by atoms with E-state index in [1.165, 1.54) is 0 Å². The van der Waals surface area contributed by atoms with Crippen LogP contribution in [-0.4, -0.2) is 54.0 Å². The Kier molecular flexibility index (Phi) is 9.42. The molecular formula is C34H43N3O5.